The van der Waals surface area contributed by atoms with Crippen LogP contribution in [0, 0.1) is 0 Å². The molecule has 0 radical (unpaired) electrons. The number of aromatic amines is 2. The van der Waals surface area contributed by atoms with Crippen molar-refractivity contribution in [3.8, 4) is 11.3 Å². The van der Waals surface area contributed by atoms with E-state index in [1.54, 1.807) is 6.33 Å². The SMILES string of the molecule is Cn1cnc(-c2ccc3[nH]c(=O)[nH]c3c2)c1CCN. The molecule has 0 bridgehead atoms. The lowest BCUT2D eigenvalue weighted by Crippen LogP contribution is -2.07. The largest absolute Gasteiger partial charge is 0.337 e. The standard InChI is InChI=1S/C13H15N5O/c1-18-7-15-12(11(18)4-5-14)8-2-3-9-10(6-8)17-13(19)16-9/h2-3,6-7H,4-5,14H2,1H3,(H2,16,17,19). The molecule has 4 N–H and O–H groups in total. The van der Waals surface area contributed by atoms with Crippen LogP contribution < -0.4 is 11.4 Å². The van der Waals surface area contributed by atoms with Crippen LogP contribution in [0.5, 0.6) is 0 Å². The first-order chi connectivity index (χ1) is 9.19. The molecular weight excluding hydrogens is 242 g/mol. The molecule has 98 valence electrons. The second-order valence-corrected chi connectivity index (χ2v) is 4.53. The fourth-order valence-electron chi connectivity index (χ4n) is 2.31. The molecule has 2 aromatic heterocycles. The summed E-state index contributed by atoms with van der Waals surface area (Å²) < 4.78 is 1.98. The van der Waals surface area contributed by atoms with Crippen molar-refractivity contribution in [3.63, 3.8) is 0 Å². The Labute approximate surface area is 109 Å². The summed E-state index contributed by atoms with van der Waals surface area (Å²) in [6.07, 6.45) is 2.55. The number of fused-ring (bicyclic) bond motifs is 1. The summed E-state index contributed by atoms with van der Waals surface area (Å²) in [5, 5.41) is 0. The molecule has 0 amide bonds. The average molecular weight is 257 g/mol. The van der Waals surface area contributed by atoms with E-state index >= 15 is 0 Å². The van der Waals surface area contributed by atoms with E-state index in [9.17, 15) is 4.79 Å². The lowest BCUT2D eigenvalue weighted by atomic mass is 10.1. The van der Waals surface area contributed by atoms with Gasteiger partial charge >= 0.3 is 5.69 Å². The second kappa shape index (κ2) is 4.40. The van der Waals surface area contributed by atoms with Crippen molar-refractivity contribution in [1.82, 2.24) is 19.5 Å². The molecule has 19 heavy (non-hydrogen) atoms. The Bertz CT molecular complexity index is 780. The van der Waals surface area contributed by atoms with Gasteiger partial charge in [0.05, 0.1) is 23.1 Å². The molecule has 0 aliphatic heterocycles. The van der Waals surface area contributed by atoms with Crippen LogP contribution in [0.3, 0.4) is 0 Å². The lowest BCUT2D eigenvalue weighted by molar-refractivity contribution is 0.805. The highest BCUT2D eigenvalue weighted by atomic mass is 16.1. The van der Waals surface area contributed by atoms with Crippen molar-refractivity contribution < 1.29 is 0 Å². The number of aryl methyl sites for hydroxylation is 1. The van der Waals surface area contributed by atoms with Crippen molar-refractivity contribution in [2.24, 2.45) is 12.8 Å². The minimum absolute atomic E-state index is 0.199. The highest BCUT2D eigenvalue weighted by molar-refractivity contribution is 5.81. The molecule has 0 aliphatic rings. The third-order valence-electron chi connectivity index (χ3n) is 3.23. The number of hydrogen-bond donors (Lipinski definition) is 3. The fraction of sp³-hybridized carbons (Fsp3) is 0.231. The number of nitrogens with one attached hydrogen (secondary N) is 2. The summed E-state index contributed by atoms with van der Waals surface area (Å²) in [7, 11) is 1.96. The number of hydrogen-bond acceptors (Lipinski definition) is 3. The van der Waals surface area contributed by atoms with E-state index < -0.39 is 0 Å². The molecule has 0 fully saturated rings. The number of imidazole rings is 2. The van der Waals surface area contributed by atoms with Crippen LogP contribution >= 0.6 is 0 Å². The molecule has 0 saturated carbocycles. The van der Waals surface area contributed by atoms with E-state index in [-0.39, 0.29) is 5.69 Å². The predicted molar refractivity (Wildman–Crippen MR) is 73.9 cm³/mol. The molecule has 3 rings (SSSR count). The van der Waals surface area contributed by atoms with Gasteiger partial charge in [0.15, 0.2) is 0 Å². The van der Waals surface area contributed by atoms with Crippen LogP contribution in [0.4, 0.5) is 0 Å². The number of aromatic nitrogens is 4. The first kappa shape index (κ1) is 11.7. The fourth-order valence-corrected chi connectivity index (χ4v) is 2.31. The summed E-state index contributed by atoms with van der Waals surface area (Å²) in [4.78, 5) is 21.2. The average Bonchev–Trinajstić information content (AvgIpc) is 2.92. The maximum Gasteiger partial charge on any atom is 0.323 e. The normalized spacial score (nSPS) is 11.3. The number of H-pyrrole nitrogens is 2. The first-order valence-corrected chi connectivity index (χ1v) is 6.11. The van der Waals surface area contributed by atoms with Gasteiger partial charge in [0.25, 0.3) is 0 Å². The van der Waals surface area contributed by atoms with Gasteiger partial charge in [0, 0.05) is 24.7 Å². The van der Waals surface area contributed by atoms with Gasteiger partial charge in [-0.05, 0) is 18.7 Å². The summed E-state index contributed by atoms with van der Waals surface area (Å²) in [5.74, 6) is 0. The van der Waals surface area contributed by atoms with Gasteiger partial charge in [-0.2, -0.15) is 0 Å². The van der Waals surface area contributed by atoms with E-state index in [0.717, 1.165) is 34.4 Å². The van der Waals surface area contributed by atoms with Gasteiger partial charge in [0.1, 0.15) is 0 Å². The number of nitrogens with two attached hydrogens (primary N) is 1. The summed E-state index contributed by atoms with van der Waals surface area (Å²) in [6, 6.07) is 5.76. The number of rotatable bonds is 3. The van der Waals surface area contributed by atoms with Crippen molar-refractivity contribution in [2.75, 3.05) is 6.54 Å². The van der Waals surface area contributed by atoms with Crippen molar-refractivity contribution in [2.45, 2.75) is 6.42 Å². The molecule has 0 unspecified atom stereocenters. The van der Waals surface area contributed by atoms with E-state index in [1.165, 1.54) is 0 Å². The topological polar surface area (TPSA) is 92.5 Å². The van der Waals surface area contributed by atoms with E-state index in [0.29, 0.717) is 6.54 Å². The van der Waals surface area contributed by atoms with E-state index in [4.69, 9.17) is 5.73 Å². The van der Waals surface area contributed by atoms with Gasteiger partial charge in [-0.15, -0.1) is 0 Å². The minimum atomic E-state index is -0.199. The zero-order valence-electron chi connectivity index (χ0n) is 10.6. The smallest absolute Gasteiger partial charge is 0.323 e. The second-order valence-electron chi connectivity index (χ2n) is 4.53. The van der Waals surface area contributed by atoms with Crippen molar-refractivity contribution in [3.05, 3.63) is 40.7 Å². The summed E-state index contributed by atoms with van der Waals surface area (Å²) >= 11 is 0. The van der Waals surface area contributed by atoms with Gasteiger partial charge in [-0.3, -0.25) is 0 Å². The van der Waals surface area contributed by atoms with Crippen LogP contribution in [0.1, 0.15) is 5.69 Å². The zero-order chi connectivity index (χ0) is 13.4. The number of nitrogens with zero attached hydrogens (tertiary/aromatic N) is 2. The maximum absolute atomic E-state index is 11.3. The quantitative estimate of drug-likeness (QED) is 0.646. The van der Waals surface area contributed by atoms with Gasteiger partial charge in [-0.1, -0.05) is 6.07 Å². The minimum Gasteiger partial charge on any atom is -0.337 e. The van der Waals surface area contributed by atoms with Crippen molar-refractivity contribution in [1.29, 1.82) is 0 Å². The van der Waals surface area contributed by atoms with Crippen molar-refractivity contribution >= 4 is 11.0 Å². The molecule has 0 atom stereocenters. The first-order valence-electron chi connectivity index (χ1n) is 6.11. The Morgan fingerprint density at radius 1 is 1.32 bits per heavy atom. The predicted octanol–water partition coefficient (Wildman–Crippen LogP) is 0.758. The molecule has 0 saturated heterocycles. The zero-order valence-corrected chi connectivity index (χ0v) is 10.6. The molecule has 0 aliphatic carbocycles. The van der Waals surface area contributed by atoms with E-state index in [2.05, 4.69) is 15.0 Å². The molecule has 3 aromatic rings. The summed E-state index contributed by atoms with van der Waals surface area (Å²) in [5.41, 5.74) is 10.0. The highest BCUT2D eigenvalue weighted by Gasteiger charge is 2.11. The highest BCUT2D eigenvalue weighted by Crippen LogP contribution is 2.24. The molecule has 6 heteroatoms. The molecular formula is C13H15N5O. The van der Waals surface area contributed by atoms with Gasteiger partial charge < -0.3 is 20.3 Å². The van der Waals surface area contributed by atoms with Crippen LogP contribution in [0.2, 0.25) is 0 Å². The Morgan fingerprint density at radius 3 is 2.89 bits per heavy atom. The van der Waals surface area contributed by atoms with Crippen LogP contribution in [-0.4, -0.2) is 26.1 Å². The summed E-state index contributed by atoms with van der Waals surface area (Å²) in [6.45, 7) is 0.579. The maximum atomic E-state index is 11.3. The monoisotopic (exact) mass is 257 g/mol. The van der Waals surface area contributed by atoms with E-state index in [1.807, 2.05) is 29.8 Å². The van der Waals surface area contributed by atoms with Crippen LogP contribution in [-0.2, 0) is 13.5 Å². The third-order valence-corrected chi connectivity index (χ3v) is 3.23. The number of benzene rings is 1. The van der Waals surface area contributed by atoms with Gasteiger partial charge in [-0.25, -0.2) is 9.78 Å². The van der Waals surface area contributed by atoms with Crippen LogP contribution in [0.25, 0.3) is 22.3 Å². The molecule has 1 aromatic carbocycles. The van der Waals surface area contributed by atoms with Crippen LogP contribution in [0.15, 0.2) is 29.3 Å². The molecule has 0 spiro atoms. The lowest BCUT2D eigenvalue weighted by Gasteiger charge is -2.04. The Balaban J connectivity index is 2.15. The van der Waals surface area contributed by atoms with Gasteiger partial charge in [0.2, 0.25) is 0 Å². The third kappa shape index (κ3) is 1.96. The Morgan fingerprint density at radius 2 is 2.11 bits per heavy atom. The molecule has 6 nitrogen and oxygen atoms in total. The Hall–Kier alpha value is -2.34. The molecule has 2 heterocycles. The Kier molecular flexibility index (Phi) is 2.72.